The van der Waals surface area contributed by atoms with E-state index in [0.29, 0.717) is 38.2 Å². The van der Waals surface area contributed by atoms with Crippen LogP contribution in [0.1, 0.15) is 22.6 Å². The standard InChI is InChI=1S/C24H16N4O3S/c1-31-15-10-8-14(9-11-15)18-19-21(25-16-6-2-4-12-27(16)23(19)29)32-22-20(18)24(30)28-13-5-3-7-17(28)26-22/h2-13,18H,1H3. The topological polar surface area (TPSA) is 78.0 Å². The molecule has 0 atom stereocenters. The number of hydrogen-bond donors (Lipinski definition) is 0. The number of methoxy groups -OCH3 is 1. The third kappa shape index (κ3) is 2.69. The molecule has 5 heterocycles. The van der Waals surface area contributed by atoms with Gasteiger partial charge in [0.2, 0.25) is 0 Å². The number of ether oxygens (including phenoxy) is 1. The largest absolute Gasteiger partial charge is 0.497 e. The molecule has 1 aliphatic rings. The summed E-state index contributed by atoms with van der Waals surface area (Å²) >= 11 is 1.27. The van der Waals surface area contributed by atoms with Crippen LogP contribution in [0.4, 0.5) is 0 Å². The van der Waals surface area contributed by atoms with E-state index < -0.39 is 5.92 Å². The molecule has 0 N–H and O–H groups in total. The maximum atomic E-state index is 13.6. The molecule has 7 nitrogen and oxygen atoms in total. The second kappa shape index (κ2) is 7.06. The maximum Gasteiger partial charge on any atom is 0.263 e. The van der Waals surface area contributed by atoms with Crippen LogP contribution in [0.25, 0.3) is 11.3 Å². The molecule has 0 aliphatic carbocycles. The Morgan fingerprint density at radius 1 is 0.781 bits per heavy atom. The van der Waals surface area contributed by atoms with Gasteiger partial charge in [-0.15, -0.1) is 0 Å². The quantitative estimate of drug-likeness (QED) is 0.384. The van der Waals surface area contributed by atoms with E-state index in [1.165, 1.54) is 20.6 Å². The van der Waals surface area contributed by atoms with Crippen molar-refractivity contribution in [1.29, 1.82) is 0 Å². The van der Waals surface area contributed by atoms with Gasteiger partial charge in [-0.2, -0.15) is 0 Å². The summed E-state index contributed by atoms with van der Waals surface area (Å²) in [7, 11) is 1.60. The number of nitrogens with zero attached hydrogens (tertiary/aromatic N) is 4. The summed E-state index contributed by atoms with van der Waals surface area (Å²) in [5.74, 6) is 0.0995. The zero-order chi connectivity index (χ0) is 21.8. The highest BCUT2D eigenvalue weighted by Crippen LogP contribution is 2.44. The van der Waals surface area contributed by atoms with Crippen LogP contribution in [0, 0.1) is 0 Å². The van der Waals surface area contributed by atoms with Gasteiger partial charge in [0.05, 0.1) is 24.2 Å². The van der Waals surface area contributed by atoms with Crippen LogP contribution in [0.2, 0.25) is 0 Å². The fourth-order valence-electron chi connectivity index (χ4n) is 4.18. The molecule has 6 rings (SSSR count). The van der Waals surface area contributed by atoms with E-state index in [9.17, 15) is 9.59 Å². The molecule has 156 valence electrons. The van der Waals surface area contributed by atoms with E-state index in [2.05, 4.69) is 0 Å². The fraction of sp³-hybridized carbons (Fsp3) is 0.0833. The summed E-state index contributed by atoms with van der Waals surface area (Å²) in [6.45, 7) is 0. The fourth-order valence-corrected chi connectivity index (χ4v) is 5.27. The molecule has 1 aromatic carbocycles. The Morgan fingerprint density at radius 3 is 1.81 bits per heavy atom. The van der Waals surface area contributed by atoms with E-state index in [1.807, 2.05) is 36.4 Å². The Hall–Kier alpha value is -3.91. The summed E-state index contributed by atoms with van der Waals surface area (Å²) in [5.41, 5.74) is 2.48. The van der Waals surface area contributed by atoms with Crippen molar-refractivity contribution in [2.45, 2.75) is 16.0 Å². The van der Waals surface area contributed by atoms with Crippen molar-refractivity contribution in [3.8, 4) is 5.75 Å². The molecule has 0 fully saturated rings. The Kier molecular flexibility index (Phi) is 4.16. The van der Waals surface area contributed by atoms with Gasteiger partial charge in [0.15, 0.2) is 0 Å². The van der Waals surface area contributed by atoms with Crippen LogP contribution >= 0.6 is 11.8 Å². The number of pyridine rings is 2. The lowest BCUT2D eigenvalue weighted by atomic mass is 9.87. The Balaban J connectivity index is 1.73. The van der Waals surface area contributed by atoms with Crippen molar-refractivity contribution in [2.24, 2.45) is 0 Å². The zero-order valence-corrected chi connectivity index (χ0v) is 17.7. The molecule has 32 heavy (non-hydrogen) atoms. The Morgan fingerprint density at radius 2 is 1.31 bits per heavy atom. The number of aromatic nitrogens is 4. The normalized spacial score (nSPS) is 13.2. The SMILES string of the molecule is COc1ccc(C2c3c(nc4ccccn4c3=O)Sc3nc4ccccn4c(=O)c32)cc1. The first kappa shape index (κ1) is 18.8. The minimum atomic E-state index is -0.596. The van der Waals surface area contributed by atoms with Gasteiger partial charge in [-0.25, -0.2) is 9.97 Å². The van der Waals surface area contributed by atoms with Crippen molar-refractivity contribution in [1.82, 2.24) is 18.8 Å². The molecule has 0 bridgehead atoms. The molecular weight excluding hydrogens is 424 g/mol. The minimum Gasteiger partial charge on any atom is -0.497 e. The van der Waals surface area contributed by atoms with Crippen molar-refractivity contribution in [2.75, 3.05) is 7.11 Å². The van der Waals surface area contributed by atoms with Gasteiger partial charge in [-0.3, -0.25) is 18.4 Å². The molecule has 5 aromatic rings. The molecule has 0 spiro atoms. The number of fused-ring (bicyclic) bond motifs is 4. The number of benzene rings is 1. The van der Waals surface area contributed by atoms with Crippen LogP contribution in [0.3, 0.4) is 0 Å². The first-order valence-electron chi connectivity index (χ1n) is 10.00. The highest BCUT2D eigenvalue weighted by molar-refractivity contribution is 7.99. The van der Waals surface area contributed by atoms with Gasteiger partial charge in [-0.1, -0.05) is 24.3 Å². The number of hydrogen-bond acceptors (Lipinski definition) is 6. The van der Waals surface area contributed by atoms with Crippen molar-refractivity contribution < 1.29 is 4.74 Å². The minimum absolute atomic E-state index is 0.192. The smallest absolute Gasteiger partial charge is 0.263 e. The zero-order valence-electron chi connectivity index (χ0n) is 16.9. The first-order chi connectivity index (χ1) is 15.7. The molecule has 0 amide bonds. The van der Waals surface area contributed by atoms with Gasteiger partial charge in [0.25, 0.3) is 11.1 Å². The van der Waals surface area contributed by atoms with Crippen molar-refractivity contribution >= 4 is 23.1 Å². The van der Waals surface area contributed by atoms with Gasteiger partial charge in [0, 0.05) is 12.4 Å². The monoisotopic (exact) mass is 440 g/mol. The summed E-state index contributed by atoms with van der Waals surface area (Å²) in [5, 5.41) is 1.14. The van der Waals surface area contributed by atoms with E-state index in [0.717, 1.165) is 5.56 Å². The average molecular weight is 440 g/mol. The second-order valence-corrected chi connectivity index (χ2v) is 8.42. The molecule has 0 unspecified atom stereocenters. The first-order valence-corrected chi connectivity index (χ1v) is 10.8. The summed E-state index contributed by atoms with van der Waals surface area (Å²) < 4.78 is 8.34. The van der Waals surface area contributed by atoms with Crippen LogP contribution in [-0.2, 0) is 0 Å². The lowest BCUT2D eigenvalue weighted by Crippen LogP contribution is -2.32. The Labute approximate surface area is 186 Å². The Bertz CT molecular complexity index is 1540. The van der Waals surface area contributed by atoms with Crippen molar-refractivity contribution in [3.05, 3.63) is 110 Å². The highest BCUT2D eigenvalue weighted by atomic mass is 32.2. The van der Waals surface area contributed by atoms with E-state index in [4.69, 9.17) is 14.7 Å². The molecule has 1 aliphatic heterocycles. The van der Waals surface area contributed by atoms with Crippen LogP contribution < -0.4 is 15.9 Å². The van der Waals surface area contributed by atoms with Gasteiger partial charge < -0.3 is 4.74 Å². The molecule has 0 saturated heterocycles. The highest BCUT2D eigenvalue weighted by Gasteiger charge is 2.36. The third-order valence-electron chi connectivity index (χ3n) is 5.69. The summed E-state index contributed by atoms with van der Waals surface area (Å²) in [6.07, 6.45) is 3.39. The van der Waals surface area contributed by atoms with Crippen LogP contribution in [-0.4, -0.2) is 25.9 Å². The molecule has 0 saturated carbocycles. The van der Waals surface area contributed by atoms with E-state index in [1.54, 1.807) is 43.8 Å². The van der Waals surface area contributed by atoms with E-state index >= 15 is 0 Å². The molecule has 0 radical (unpaired) electrons. The predicted molar refractivity (Wildman–Crippen MR) is 121 cm³/mol. The summed E-state index contributed by atoms with van der Waals surface area (Å²) in [6, 6.07) is 18.3. The number of rotatable bonds is 2. The van der Waals surface area contributed by atoms with E-state index in [-0.39, 0.29) is 11.1 Å². The van der Waals surface area contributed by atoms with Gasteiger partial charge in [0.1, 0.15) is 27.1 Å². The van der Waals surface area contributed by atoms with Crippen molar-refractivity contribution in [3.63, 3.8) is 0 Å². The van der Waals surface area contributed by atoms with Gasteiger partial charge in [-0.05, 0) is 53.7 Å². The average Bonchev–Trinajstić information content (AvgIpc) is 2.83. The second-order valence-electron chi connectivity index (χ2n) is 7.44. The van der Waals surface area contributed by atoms with Gasteiger partial charge >= 0.3 is 0 Å². The van der Waals surface area contributed by atoms with Crippen LogP contribution in [0.15, 0.2) is 92.7 Å². The molecule has 8 heteroatoms. The third-order valence-corrected chi connectivity index (χ3v) is 6.70. The lowest BCUT2D eigenvalue weighted by Gasteiger charge is -2.26. The maximum absolute atomic E-state index is 13.6. The van der Waals surface area contributed by atoms with Crippen LogP contribution in [0.5, 0.6) is 5.75 Å². The predicted octanol–water partition coefficient (Wildman–Crippen LogP) is 3.36. The summed E-state index contributed by atoms with van der Waals surface area (Å²) in [4.78, 5) is 36.7. The molecular formula is C24H16N4O3S. The molecule has 4 aromatic heterocycles. The lowest BCUT2D eigenvalue weighted by molar-refractivity contribution is 0.414.